The largest absolute Gasteiger partial charge is 0.338 e. The molecule has 1 aliphatic heterocycles. The average molecular weight is 352 g/mol. The van der Waals surface area contributed by atoms with Crippen LogP contribution in [0.4, 0.5) is 4.39 Å². The number of nitrogens with zero attached hydrogens (tertiary/aromatic N) is 1. The Balaban J connectivity index is 0.00000180. The number of carbonyl (C=O) groups excluding carboxylic acids is 1. The topological polar surface area (TPSA) is 32.3 Å². The molecule has 1 N–H and O–H groups in total. The van der Waals surface area contributed by atoms with Crippen LogP contribution in [0.15, 0.2) is 22.7 Å². The summed E-state index contributed by atoms with van der Waals surface area (Å²) in [4.78, 5) is 13.8. The Kier molecular flexibility index (Phi) is 6.23. The summed E-state index contributed by atoms with van der Waals surface area (Å²) in [6.07, 6.45) is 0. The highest BCUT2D eigenvalue weighted by Gasteiger charge is 2.28. The van der Waals surface area contributed by atoms with Crippen molar-refractivity contribution in [2.24, 2.45) is 5.92 Å². The zero-order chi connectivity index (χ0) is 13.1. The van der Waals surface area contributed by atoms with E-state index >= 15 is 0 Å². The van der Waals surface area contributed by atoms with Gasteiger partial charge in [0.05, 0.1) is 5.92 Å². The van der Waals surface area contributed by atoms with E-state index in [1.54, 1.807) is 17.0 Å². The molecule has 1 fully saturated rings. The van der Waals surface area contributed by atoms with E-state index in [1.165, 1.54) is 6.07 Å². The molecule has 0 saturated carbocycles. The maximum Gasteiger partial charge on any atom is 0.228 e. The molecule has 0 aliphatic carbocycles. The van der Waals surface area contributed by atoms with Crippen LogP contribution in [0.25, 0.3) is 0 Å². The molecule has 0 bridgehead atoms. The van der Waals surface area contributed by atoms with Gasteiger partial charge in [-0.2, -0.15) is 0 Å². The normalized spacial score (nSPS) is 14.5. The zero-order valence-corrected chi connectivity index (χ0v) is 13.1. The monoisotopic (exact) mass is 350 g/mol. The minimum atomic E-state index is -0.267. The molecule has 0 spiro atoms. The lowest BCUT2D eigenvalue weighted by Gasteiger charge is -2.32. The van der Waals surface area contributed by atoms with Gasteiger partial charge in [-0.15, -0.1) is 12.4 Å². The first-order chi connectivity index (χ1) is 8.61. The Bertz CT molecular complexity index is 454. The molecule has 0 unspecified atom stereocenters. The van der Waals surface area contributed by atoms with Gasteiger partial charge >= 0.3 is 0 Å². The van der Waals surface area contributed by atoms with Crippen LogP contribution in [-0.4, -0.2) is 30.4 Å². The van der Waals surface area contributed by atoms with E-state index in [4.69, 9.17) is 0 Å². The highest BCUT2D eigenvalue weighted by atomic mass is 79.9. The van der Waals surface area contributed by atoms with Gasteiger partial charge in [-0.25, -0.2) is 4.39 Å². The van der Waals surface area contributed by atoms with Crippen molar-refractivity contribution in [1.82, 2.24) is 10.2 Å². The Labute approximate surface area is 127 Å². The molecule has 1 aromatic rings. The van der Waals surface area contributed by atoms with E-state index in [-0.39, 0.29) is 30.0 Å². The molecule has 0 radical (unpaired) electrons. The fourth-order valence-electron chi connectivity index (χ4n) is 1.94. The molecular formula is C13H17BrClFN2O. The van der Waals surface area contributed by atoms with Gasteiger partial charge in [0.1, 0.15) is 5.82 Å². The average Bonchev–Trinajstić information content (AvgIpc) is 2.27. The van der Waals surface area contributed by atoms with Crippen molar-refractivity contribution in [3.8, 4) is 0 Å². The van der Waals surface area contributed by atoms with E-state index in [1.807, 2.05) is 6.92 Å². The van der Waals surface area contributed by atoms with Gasteiger partial charge < -0.3 is 10.2 Å². The number of hydrogen-bond donors (Lipinski definition) is 1. The number of benzene rings is 1. The van der Waals surface area contributed by atoms with Crippen molar-refractivity contribution >= 4 is 34.2 Å². The Hall–Kier alpha value is -0.650. The fraction of sp³-hybridized carbons (Fsp3) is 0.462. The second-order valence-corrected chi connectivity index (χ2v) is 5.36. The molecule has 6 heteroatoms. The molecular weight excluding hydrogens is 335 g/mol. The number of amides is 1. The third-order valence-corrected chi connectivity index (χ3v) is 3.69. The van der Waals surface area contributed by atoms with Crippen molar-refractivity contribution < 1.29 is 9.18 Å². The smallest absolute Gasteiger partial charge is 0.228 e. The molecule has 106 valence electrons. The van der Waals surface area contributed by atoms with Crippen LogP contribution in [0, 0.1) is 11.7 Å². The lowest BCUT2D eigenvalue weighted by Crippen LogP contribution is -2.51. The lowest BCUT2D eigenvalue weighted by atomic mass is 10.0. The predicted octanol–water partition coefficient (Wildman–Crippen LogP) is 2.58. The second-order valence-electron chi connectivity index (χ2n) is 4.44. The first-order valence-corrected chi connectivity index (χ1v) is 6.84. The van der Waals surface area contributed by atoms with Gasteiger partial charge in [0.2, 0.25) is 5.91 Å². The maximum absolute atomic E-state index is 13.7. The van der Waals surface area contributed by atoms with E-state index < -0.39 is 0 Å². The highest BCUT2D eigenvalue weighted by molar-refractivity contribution is 9.10. The van der Waals surface area contributed by atoms with Crippen LogP contribution in [0.2, 0.25) is 0 Å². The van der Waals surface area contributed by atoms with Crippen molar-refractivity contribution in [3.63, 3.8) is 0 Å². The predicted molar refractivity (Wildman–Crippen MR) is 78.8 cm³/mol. The Morgan fingerprint density at radius 3 is 2.74 bits per heavy atom. The Morgan fingerprint density at radius 2 is 2.21 bits per heavy atom. The lowest BCUT2D eigenvalue weighted by molar-refractivity contribution is -0.137. The molecule has 3 nitrogen and oxygen atoms in total. The summed E-state index contributed by atoms with van der Waals surface area (Å²) in [7, 11) is 0. The summed E-state index contributed by atoms with van der Waals surface area (Å²) in [6, 6.07) is 4.81. The minimum Gasteiger partial charge on any atom is -0.338 e. The SMILES string of the molecule is CCN(Cc1cc(Br)ccc1F)C(=O)C1CNC1.Cl. The van der Waals surface area contributed by atoms with E-state index in [2.05, 4.69) is 21.2 Å². The molecule has 1 aliphatic rings. The van der Waals surface area contributed by atoms with Crippen LogP contribution in [0.1, 0.15) is 12.5 Å². The third-order valence-electron chi connectivity index (χ3n) is 3.19. The van der Waals surface area contributed by atoms with Crippen LogP contribution < -0.4 is 5.32 Å². The van der Waals surface area contributed by atoms with E-state index in [9.17, 15) is 9.18 Å². The van der Waals surface area contributed by atoms with Gasteiger partial charge in [0.15, 0.2) is 0 Å². The van der Waals surface area contributed by atoms with Crippen molar-refractivity contribution in [2.45, 2.75) is 13.5 Å². The summed E-state index contributed by atoms with van der Waals surface area (Å²) in [5, 5.41) is 3.08. The standard InChI is InChI=1S/C13H16BrFN2O.ClH/c1-2-17(13(18)10-6-16-7-10)8-9-5-11(14)3-4-12(9)15;/h3-5,10,16H,2,6-8H2,1H3;1H. The summed E-state index contributed by atoms with van der Waals surface area (Å²) < 4.78 is 14.5. The zero-order valence-electron chi connectivity index (χ0n) is 10.7. The Morgan fingerprint density at radius 1 is 1.53 bits per heavy atom. The quantitative estimate of drug-likeness (QED) is 0.904. The first-order valence-electron chi connectivity index (χ1n) is 6.05. The second kappa shape index (κ2) is 7.22. The van der Waals surface area contributed by atoms with Crippen LogP contribution in [0.3, 0.4) is 0 Å². The maximum atomic E-state index is 13.7. The first kappa shape index (κ1) is 16.4. The molecule has 19 heavy (non-hydrogen) atoms. The van der Waals surface area contributed by atoms with Crippen molar-refractivity contribution in [3.05, 3.63) is 34.1 Å². The van der Waals surface area contributed by atoms with Crippen LogP contribution >= 0.6 is 28.3 Å². The number of nitrogens with one attached hydrogen (secondary N) is 1. The van der Waals surface area contributed by atoms with Gasteiger partial charge in [-0.1, -0.05) is 15.9 Å². The highest BCUT2D eigenvalue weighted by Crippen LogP contribution is 2.18. The van der Waals surface area contributed by atoms with Gasteiger partial charge in [-0.05, 0) is 25.1 Å². The molecule has 2 rings (SSSR count). The number of rotatable bonds is 4. The van der Waals surface area contributed by atoms with E-state index in [0.717, 1.165) is 17.6 Å². The summed E-state index contributed by atoms with van der Waals surface area (Å²) in [5.74, 6) is -0.105. The van der Waals surface area contributed by atoms with Crippen LogP contribution in [-0.2, 0) is 11.3 Å². The van der Waals surface area contributed by atoms with Gasteiger partial charge in [0.25, 0.3) is 0 Å². The minimum absolute atomic E-state index is 0. The summed E-state index contributed by atoms with van der Waals surface area (Å²) in [5.41, 5.74) is 0.548. The van der Waals surface area contributed by atoms with Gasteiger partial charge in [-0.3, -0.25) is 4.79 Å². The van der Waals surface area contributed by atoms with Crippen molar-refractivity contribution in [2.75, 3.05) is 19.6 Å². The third kappa shape index (κ3) is 3.91. The number of carbonyl (C=O) groups is 1. The van der Waals surface area contributed by atoms with Gasteiger partial charge in [0, 0.05) is 36.2 Å². The molecule has 1 heterocycles. The molecule has 1 aromatic carbocycles. The molecule has 1 saturated heterocycles. The van der Waals surface area contributed by atoms with Crippen molar-refractivity contribution in [1.29, 1.82) is 0 Å². The fourth-order valence-corrected chi connectivity index (χ4v) is 2.35. The summed E-state index contributed by atoms with van der Waals surface area (Å²) in [6.45, 7) is 4.31. The van der Waals surface area contributed by atoms with Crippen LogP contribution in [0.5, 0.6) is 0 Å². The van der Waals surface area contributed by atoms with E-state index in [0.29, 0.717) is 18.7 Å². The molecule has 0 aromatic heterocycles. The molecule has 0 atom stereocenters. The summed E-state index contributed by atoms with van der Waals surface area (Å²) >= 11 is 3.32. The molecule has 1 amide bonds. The number of hydrogen-bond acceptors (Lipinski definition) is 2. The number of halogens is 3.